The lowest BCUT2D eigenvalue weighted by molar-refractivity contribution is 0.278. The van der Waals surface area contributed by atoms with E-state index in [0.29, 0.717) is 6.61 Å². The van der Waals surface area contributed by atoms with Crippen LogP contribution in [0.15, 0.2) is 48.5 Å². The van der Waals surface area contributed by atoms with Gasteiger partial charge in [0.1, 0.15) is 19.0 Å². The molecule has 0 unspecified atom stereocenters. The van der Waals surface area contributed by atoms with Crippen molar-refractivity contribution in [3.8, 4) is 17.6 Å². The van der Waals surface area contributed by atoms with E-state index in [1.54, 1.807) is 0 Å². The van der Waals surface area contributed by atoms with Crippen molar-refractivity contribution in [3.05, 3.63) is 65.2 Å². The van der Waals surface area contributed by atoms with Gasteiger partial charge in [0.2, 0.25) is 0 Å². The Morgan fingerprint density at radius 2 is 1.75 bits per heavy atom. The van der Waals surface area contributed by atoms with Gasteiger partial charge in [-0.2, -0.15) is 0 Å². The molecule has 2 aromatic rings. The molecule has 0 spiro atoms. The highest BCUT2D eigenvalue weighted by atomic mass is 16.5. The standard InChI is InChI=1S/C17H16O3/c18-10-2-4-14-6-8-15(9-7-14)13-20-17-5-1-3-16(11-17)12-19/h1,3,5-9,11,18-19H,10,12-13H2. The number of ether oxygens (including phenoxy) is 1. The summed E-state index contributed by atoms with van der Waals surface area (Å²) in [4.78, 5) is 0. The van der Waals surface area contributed by atoms with Crippen LogP contribution in [0.2, 0.25) is 0 Å². The number of benzene rings is 2. The molecule has 0 aliphatic carbocycles. The highest BCUT2D eigenvalue weighted by molar-refractivity contribution is 5.36. The summed E-state index contributed by atoms with van der Waals surface area (Å²) in [6, 6.07) is 15.1. The predicted octanol–water partition coefficient (Wildman–Crippen LogP) is 2.10. The third kappa shape index (κ3) is 4.13. The molecule has 0 aromatic heterocycles. The fraction of sp³-hybridized carbons (Fsp3) is 0.176. The Balaban J connectivity index is 1.96. The summed E-state index contributed by atoms with van der Waals surface area (Å²) in [5, 5.41) is 17.7. The maximum atomic E-state index is 9.06. The quantitative estimate of drug-likeness (QED) is 0.835. The zero-order valence-corrected chi connectivity index (χ0v) is 11.0. The summed E-state index contributed by atoms with van der Waals surface area (Å²) in [7, 11) is 0. The summed E-state index contributed by atoms with van der Waals surface area (Å²) in [5.74, 6) is 6.18. The Labute approximate surface area is 118 Å². The lowest BCUT2D eigenvalue weighted by Gasteiger charge is -2.07. The van der Waals surface area contributed by atoms with Crippen molar-refractivity contribution in [2.24, 2.45) is 0 Å². The second kappa shape index (κ2) is 7.34. The molecular formula is C17H16O3. The summed E-state index contributed by atoms with van der Waals surface area (Å²) < 4.78 is 5.67. The van der Waals surface area contributed by atoms with E-state index < -0.39 is 0 Å². The van der Waals surface area contributed by atoms with Gasteiger partial charge in [-0.1, -0.05) is 36.1 Å². The molecule has 2 rings (SSSR count). The molecule has 0 aliphatic heterocycles. The first-order valence-electron chi connectivity index (χ1n) is 6.33. The average Bonchev–Trinajstić information content (AvgIpc) is 2.52. The molecule has 0 amide bonds. The highest BCUT2D eigenvalue weighted by Crippen LogP contribution is 2.15. The van der Waals surface area contributed by atoms with Gasteiger partial charge in [0, 0.05) is 5.56 Å². The van der Waals surface area contributed by atoms with E-state index in [1.807, 2.05) is 48.5 Å². The maximum absolute atomic E-state index is 9.06. The summed E-state index contributed by atoms with van der Waals surface area (Å²) in [5.41, 5.74) is 2.73. The van der Waals surface area contributed by atoms with E-state index >= 15 is 0 Å². The van der Waals surface area contributed by atoms with E-state index in [4.69, 9.17) is 14.9 Å². The van der Waals surface area contributed by atoms with E-state index in [2.05, 4.69) is 11.8 Å². The van der Waals surface area contributed by atoms with Crippen LogP contribution in [0.1, 0.15) is 16.7 Å². The third-order valence-electron chi connectivity index (χ3n) is 2.75. The molecule has 0 saturated carbocycles. The smallest absolute Gasteiger partial charge is 0.120 e. The van der Waals surface area contributed by atoms with Gasteiger partial charge in [-0.3, -0.25) is 0 Å². The van der Waals surface area contributed by atoms with Crippen LogP contribution in [-0.4, -0.2) is 16.8 Å². The van der Waals surface area contributed by atoms with Crippen molar-refractivity contribution in [2.45, 2.75) is 13.2 Å². The Hall–Kier alpha value is -2.28. The van der Waals surface area contributed by atoms with E-state index in [-0.39, 0.29) is 13.2 Å². The van der Waals surface area contributed by atoms with Crippen molar-refractivity contribution in [3.63, 3.8) is 0 Å². The molecule has 2 N–H and O–H groups in total. The molecule has 2 aromatic carbocycles. The second-order valence-corrected chi connectivity index (χ2v) is 4.25. The van der Waals surface area contributed by atoms with Crippen LogP contribution >= 0.6 is 0 Å². The lowest BCUT2D eigenvalue weighted by Crippen LogP contribution is -1.96. The number of hydrogen-bond acceptors (Lipinski definition) is 3. The molecule has 0 radical (unpaired) electrons. The molecule has 0 saturated heterocycles. The van der Waals surface area contributed by atoms with E-state index in [9.17, 15) is 0 Å². The topological polar surface area (TPSA) is 49.7 Å². The molecule has 20 heavy (non-hydrogen) atoms. The van der Waals surface area contributed by atoms with Gasteiger partial charge >= 0.3 is 0 Å². The fourth-order valence-electron chi connectivity index (χ4n) is 1.73. The van der Waals surface area contributed by atoms with Gasteiger partial charge in [-0.05, 0) is 35.4 Å². The van der Waals surface area contributed by atoms with Gasteiger partial charge in [0.05, 0.1) is 6.61 Å². The van der Waals surface area contributed by atoms with Gasteiger partial charge in [0.15, 0.2) is 0 Å². The zero-order valence-electron chi connectivity index (χ0n) is 11.0. The van der Waals surface area contributed by atoms with Crippen LogP contribution in [0.3, 0.4) is 0 Å². The third-order valence-corrected chi connectivity index (χ3v) is 2.75. The first-order valence-corrected chi connectivity index (χ1v) is 6.33. The van der Waals surface area contributed by atoms with E-state index in [1.165, 1.54) is 0 Å². The number of aliphatic hydroxyl groups excluding tert-OH is 2. The number of rotatable bonds is 4. The zero-order chi connectivity index (χ0) is 14.2. The van der Waals surface area contributed by atoms with Crippen LogP contribution in [0.5, 0.6) is 5.75 Å². The Morgan fingerprint density at radius 3 is 2.45 bits per heavy atom. The Bertz CT molecular complexity index is 606. The summed E-state index contributed by atoms with van der Waals surface area (Å²) >= 11 is 0. The Morgan fingerprint density at radius 1 is 0.950 bits per heavy atom. The van der Waals surface area contributed by atoms with Crippen LogP contribution in [0, 0.1) is 11.8 Å². The number of aliphatic hydroxyl groups is 2. The van der Waals surface area contributed by atoms with Crippen LogP contribution in [-0.2, 0) is 13.2 Å². The predicted molar refractivity (Wildman–Crippen MR) is 77.1 cm³/mol. The molecule has 3 nitrogen and oxygen atoms in total. The lowest BCUT2D eigenvalue weighted by atomic mass is 10.1. The van der Waals surface area contributed by atoms with Crippen LogP contribution < -0.4 is 4.74 Å². The molecule has 0 aliphatic rings. The van der Waals surface area contributed by atoms with Gasteiger partial charge in [-0.25, -0.2) is 0 Å². The highest BCUT2D eigenvalue weighted by Gasteiger charge is 1.98. The second-order valence-electron chi connectivity index (χ2n) is 4.25. The normalized spacial score (nSPS) is 9.70. The SMILES string of the molecule is OCC#Cc1ccc(COc2cccc(CO)c2)cc1. The van der Waals surface area contributed by atoms with Crippen molar-refractivity contribution < 1.29 is 14.9 Å². The van der Waals surface area contributed by atoms with Gasteiger partial charge in [-0.15, -0.1) is 0 Å². The van der Waals surface area contributed by atoms with E-state index in [0.717, 1.165) is 22.4 Å². The number of hydrogen-bond donors (Lipinski definition) is 2. The molecule has 0 bridgehead atoms. The Kier molecular flexibility index (Phi) is 5.19. The molecular weight excluding hydrogens is 252 g/mol. The largest absolute Gasteiger partial charge is 0.489 e. The maximum Gasteiger partial charge on any atom is 0.120 e. The van der Waals surface area contributed by atoms with Crippen LogP contribution in [0.4, 0.5) is 0 Å². The summed E-state index contributed by atoms with van der Waals surface area (Å²) in [6.07, 6.45) is 0. The van der Waals surface area contributed by atoms with Gasteiger partial charge in [0.25, 0.3) is 0 Å². The minimum Gasteiger partial charge on any atom is -0.489 e. The average molecular weight is 268 g/mol. The molecule has 0 heterocycles. The molecule has 0 fully saturated rings. The van der Waals surface area contributed by atoms with Crippen molar-refractivity contribution in [1.29, 1.82) is 0 Å². The monoisotopic (exact) mass is 268 g/mol. The minimum absolute atomic E-state index is 0.00935. The molecule has 0 atom stereocenters. The minimum atomic E-state index is -0.133. The van der Waals surface area contributed by atoms with Crippen molar-refractivity contribution >= 4 is 0 Å². The van der Waals surface area contributed by atoms with Crippen LogP contribution in [0.25, 0.3) is 0 Å². The molecule has 102 valence electrons. The van der Waals surface area contributed by atoms with Crippen molar-refractivity contribution in [2.75, 3.05) is 6.61 Å². The molecule has 3 heteroatoms. The fourth-order valence-corrected chi connectivity index (χ4v) is 1.73. The van der Waals surface area contributed by atoms with Crippen molar-refractivity contribution in [1.82, 2.24) is 0 Å². The summed E-state index contributed by atoms with van der Waals surface area (Å²) in [6.45, 7) is 0.337. The first kappa shape index (κ1) is 14.1. The first-order chi connectivity index (χ1) is 9.81. The van der Waals surface area contributed by atoms with Gasteiger partial charge < -0.3 is 14.9 Å².